The largest absolute Gasteiger partial charge is 0.325 e. The summed E-state index contributed by atoms with van der Waals surface area (Å²) in [4.78, 5) is 0. The summed E-state index contributed by atoms with van der Waals surface area (Å²) in [7, 11) is 0. The zero-order valence-corrected chi connectivity index (χ0v) is 10.7. The molecule has 1 heterocycles. The minimum absolute atomic E-state index is 0.498. The molecular formula is C12H24N4. The van der Waals surface area contributed by atoms with E-state index in [1.165, 1.54) is 12.1 Å². The highest BCUT2D eigenvalue weighted by Gasteiger charge is 2.18. The molecule has 0 aromatic carbocycles. The summed E-state index contributed by atoms with van der Waals surface area (Å²) in [5.74, 6) is 0.547. The van der Waals surface area contributed by atoms with E-state index in [9.17, 15) is 0 Å². The molecule has 4 heteroatoms. The van der Waals surface area contributed by atoms with Gasteiger partial charge in [-0.25, -0.2) is 4.68 Å². The maximum atomic E-state index is 5.72. The van der Waals surface area contributed by atoms with E-state index in [4.69, 9.17) is 5.73 Å². The van der Waals surface area contributed by atoms with Gasteiger partial charge in [0.05, 0.1) is 11.4 Å². The van der Waals surface area contributed by atoms with Crippen molar-refractivity contribution in [3.63, 3.8) is 0 Å². The van der Waals surface area contributed by atoms with Crippen LogP contribution >= 0.6 is 0 Å². The number of rotatable bonds is 7. The predicted octanol–water partition coefficient (Wildman–Crippen LogP) is 2.44. The molecule has 1 rings (SSSR count). The summed E-state index contributed by atoms with van der Waals surface area (Å²) < 4.78 is 2.06. The molecule has 0 aliphatic heterocycles. The lowest BCUT2D eigenvalue weighted by atomic mass is 9.97. The topological polar surface area (TPSA) is 56.7 Å². The monoisotopic (exact) mass is 224 g/mol. The molecule has 0 fully saturated rings. The van der Waals surface area contributed by atoms with E-state index in [0.717, 1.165) is 31.5 Å². The van der Waals surface area contributed by atoms with Gasteiger partial charge in [0.1, 0.15) is 0 Å². The molecule has 0 aliphatic carbocycles. The Balaban J connectivity index is 2.94. The summed E-state index contributed by atoms with van der Waals surface area (Å²) >= 11 is 0. The van der Waals surface area contributed by atoms with Crippen molar-refractivity contribution in [1.82, 2.24) is 15.0 Å². The highest BCUT2D eigenvalue weighted by atomic mass is 15.4. The second-order valence-electron chi connectivity index (χ2n) is 4.22. The van der Waals surface area contributed by atoms with E-state index in [1.807, 2.05) is 0 Å². The molecular weight excluding hydrogens is 200 g/mol. The fourth-order valence-corrected chi connectivity index (χ4v) is 2.10. The van der Waals surface area contributed by atoms with Gasteiger partial charge in [-0.1, -0.05) is 32.4 Å². The summed E-state index contributed by atoms with van der Waals surface area (Å²) in [6.45, 7) is 8.09. The van der Waals surface area contributed by atoms with Crippen LogP contribution in [0.25, 0.3) is 0 Å². The fourth-order valence-electron chi connectivity index (χ4n) is 2.10. The van der Waals surface area contributed by atoms with Gasteiger partial charge in [-0.3, -0.25) is 0 Å². The summed E-state index contributed by atoms with van der Waals surface area (Å²) in [6.07, 6.45) is 4.59. The van der Waals surface area contributed by atoms with Crippen LogP contribution in [0.1, 0.15) is 63.8 Å². The van der Waals surface area contributed by atoms with Crippen molar-refractivity contribution in [1.29, 1.82) is 0 Å². The Morgan fingerprint density at radius 3 is 2.44 bits per heavy atom. The van der Waals surface area contributed by atoms with E-state index in [2.05, 4.69) is 35.8 Å². The minimum atomic E-state index is 0.498. The van der Waals surface area contributed by atoms with Crippen LogP contribution in [0.2, 0.25) is 0 Å². The maximum absolute atomic E-state index is 5.72. The molecule has 0 saturated carbocycles. The van der Waals surface area contributed by atoms with E-state index in [0.29, 0.717) is 12.5 Å². The number of hydrogen-bond donors (Lipinski definition) is 1. The van der Waals surface area contributed by atoms with Crippen molar-refractivity contribution in [2.75, 3.05) is 0 Å². The maximum Gasteiger partial charge on any atom is 0.0997 e. The highest BCUT2D eigenvalue weighted by molar-refractivity contribution is 5.15. The number of nitrogens with two attached hydrogens (primary N) is 1. The van der Waals surface area contributed by atoms with E-state index >= 15 is 0 Å². The van der Waals surface area contributed by atoms with Gasteiger partial charge in [0.15, 0.2) is 0 Å². The lowest BCUT2D eigenvalue weighted by molar-refractivity contribution is 0.494. The van der Waals surface area contributed by atoms with E-state index in [-0.39, 0.29) is 0 Å². The van der Waals surface area contributed by atoms with Crippen molar-refractivity contribution < 1.29 is 0 Å². The zero-order chi connectivity index (χ0) is 12.0. The average Bonchev–Trinajstić information content (AvgIpc) is 2.71. The Kier molecular flexibility index (Phi) is 5.46. The van der Waals surface area contributed by atoms with Gasteiger partial charge in [0.25, 0.3) is 0 Å². The van der Waals surface area contributed by atoms with Crippen LogP contribution in [-0.4, -0.2) is 15.0 Å². The first kappa shape index (κ1) is 13.2. The van der Waals surface area contributed by atoms with Crippen molar-refractivity contribution in [3.8, 4) is 0 Å². The lowest BCUT2D eigenvalue weighted by Crippen LogP contribution is -2.12. The standard InChI is InChI=1S/C12H24N4/c1-4-7-8-16-12(10(5-2)6-3)11(9-13)14-15-16/h10H,4-9,13H2,1-3H3. The van der Waals surface area contributed by atoms with Gasteiger partial charge in [0.2, 0.25) is 0 Å². The Morgan fingerprint density at radius 2 is 1.94 bits per heavy atom. The number of aryl methyl sites for hydroxylation is 1. The number of aromatic nitrogens is 3. The predicted molar refractivity (Wildman–Crippen MR) is 66.1 cm³/mol. The first-order valence-electron chi connectivity index (χ1n) is 6.40. The van der Waals surface area contributed by atoms with Gasteiger partial charge in [-0.05, 0) is 19.3 Å². The Bertz CT molecular complexity index is 302. The van der Waals surface area contributed by atoms with Crippen LogP contribution in [0.5, 0.6) is 0 Å². The molecule has 16 heavy (non-hydrogen) atoms. The van der Waals surface area contributed by atoms with Gasteiger partial charge in [-0.15, -0.1) is 5.10 Å². The van der Waals surface area contributed by atoms with Crippen LogP contribution in [0.4, 0.5) is 0 Å². The molecule has 0 aliphatic rings. The van der Waals surface area contributed by atoms with Crippen molar-refractivity contribution >= 4 is 0 Å². The first-order chi connectivity index (χ1) is 7.78. The average molecular weight is 224 g/mol. The van der Waals surface area contributed by atoms with Crippen molar-refractivity contribution in [3.05, 3.63) is 11.4 Å². The van der Waals surface area contributed by atoms with Gasteiger partial charge in [0, 0.05) is 19.0 Å². The third kappa shape index (κ3) is 2.82. The third-order valence-electron chi connectivity index (χ3n) is 3.14. The second-order valence-corrected chi connectivity index (χ2v) is 4.22. The molecule has 0 spiro atoms. The molecule has 1 aromatic heterocycles. The molecule has 0 amide bonds. The van der Waals surface area contributed by atoms with Crippen LogP contribution in [0.3, 0.4) is 0 Å². The Hall–Kier alpha value is -0.900. The fraction of sp³-hybridized carbons (Fsp3) is 0.833. The molecule has 0 saturated heterocycles. The molecule has 2 N–H and O–H groups in total. The number of nitrogens with zero attached hydrogens (tertiary/aromatic N) is 3. The van der Waals surface area contributed by atoms with E-state index in [1.54, 1.807) is 0 Å². The normalized spacial score (nSPS) is 11.3. The lowest BCUT2D eigenvalue weighted by Gasteiger charge is -2.15. The van der Waals surface area contributed by atoms with Crippen molar-refractivity contribution in [2.45, 2.75) is 65.5 Å². The molecule has 0 bridgehead atoms. The quantitative estimate of drug-likeness (QED) is 0.774. The smallest absolute Gasteiger partial charge is 0.0997 e. The Morgan fingerprint density at radius 1 is 1.25 bits per heavy atom. The van der Waals surface area contributed by atoms with Crippen LogP contribution in [0, 0.1) is 0 Å². The zero-order valence-electron chi connectivity index (χ0n) is 10.7. The molecule has 1 aromatic rings. The number of hydrogen-bond acceptors (Lipinski definition) is 3. The Labute approximate surface area is 98.2 Å². The van der Waals surface area contributed by atoms with Crippen LogP contribution in [-0.2, 0) is 13.1 Å². The van der Waals surface area contributed by atoms with E-state index < -0.39 is 0 Å². The second kappa shape index (κ2) is 6.63. The van der Waals surface area contributed by atoms with Crippen molar-refractivity contribution in [2.24, 2.45) is 5.73 Å². The summed E-state index contributed by atoms with van der Waals surface area (Å²) in [5.41, 5.74) is 7.97. The summed E-state index contributed by atoms with van der Waals surface area (Å²) in [6, 6.07) is 0. The molecule has 92 valence electrons. The molecule has 0 radical (unpaired) electrons. The number of unbranched alkanes of at least 4 members (excludes halogenated alkanes) is 1. The summed E-state index contributed by atoms with van der Waals surface area (Å²) in [5, 5.41) is 8.42. The van der Waals surface area contributed by atoms with Gasteiger partial charge < -0.3 is 5.73 Å². The van der Waals surface area contributed by atoms with Gasteiger partial charge in [-0.2, -0.15) is 0 Å². The molecule has 0 atom stereocenters. The van der Waals surface area contributed by atoms with Gasteiger partial charge >= 0.3 is 0 Å². The van der Waals surface area contributed by atoms with Crippen LogP contribution < -0.4 is 5.73 Å². The van der Waals surface area contributed by atoms with Crippen LogP contribution in [0.15, 0.2) is 0 Å². The first-order valence-corrected chi connectivity index (χ1v) is 6.40. The third-order valence-corrected chi connectivity index (χ3v) is 3.14. The SMILES string of the molecule is CCCCn1nnc(CN)c1C(CC)CC. The molecule has 4 nitrogen and oxygen atoms in total. The minimum Gasteiger partial charge on any atom is -0.325 e. The highest BCUT2D eigenvalue weighted by Crippen LogP contribution is 2.25. The molecule has 0 unspecified atom stereocenters.